The van der Waals surface area contributed by atoms with Crippen molar-refractivity contribution in [3.8, 4) is 6.07 Å². The van der Waals surface area contributed by atoms with E-state index < -0.39 is 17.1 Å². The van der Waals surface area contributed by atoms with Crippen LogP contribution < -0.4 is 0 Å². The molecule has 0 bridgehead atoms. The molecule has 5 heteroatoms. The fourth-order valence-electron chi connectivity index (χ4n) is 6.20. The van der Waals surface area contributed by atoms with Crippen LogP contribution in [0.4, 0.5) is 0 Å². The first-order chi connectivity index (χ1) is 11.9. The molecule has 0 aromatic carbocycles. The van der Waals surface area contributed by atoms with Crippen molar-refractivity contribution in [1.29, 1.82) is 5.26 Å². The van der Waals surface area contributed by atoms with Gasteiger partial charge in [-0.1, -0.05) is 6.92 Å². The molecule has 0 heterocycles. The molecule has 2 saturated carbocycles. The molecular weight excluding hydrogens is 318 g/mol. The van der Waals surface area contributed by atoms with Gasteiger partial charge in [0.05, 0.1) is 18.1 Å². The van der Waals surface area contributed by atoms with E-state index in [0.29, 0.717) is 25.2 Å². The zero-order valence-corrected chi connectivity index (χ0v) is 14.6. The van der Waals surface area contributed by atoms with E-state index in [1.54, 1.807) is 6.08 Å². The number of carbonyl (C=O) groups is 1. The SMILES string of the molecule is C[C@]12C[C@@H](OO)C3=C4CCC(=O)C=C4CC[C@H]3[C@H]1CC[C@]2(O)CC#N. The predicted octanol–water partition coefficient (Wildman–Crippen LogP) is 3.31. The number of nitriles is 1. The summed E-state index contributed by atoms with van der Waals surface area (Å²) in [6.07, 6.45) is 6.51. The largest absolute Gasteiger partial charge is 0.388 e. The first-order valence-corrected chi connectivity index (χ1v) is 9.30. The van der Waals surface area contributed by atoms with Crippen molar-refractivity contribution >= 4 is 5.78 Å². The van der Waals surface area contributed by atoms with E-state index in [9.17, 15) is 20.4 Å². The van der Waals surface area contributed by atoms with Crippen LogP contribution in [0.25, 0.3) is 0 Å². The predicted molar refractivity (Wildman–Crippen MR) is 90.2 cm³/mol. The van der Waals surface area contributed by atoms with E-state index >= 15 is 0 Å². The molecular formula is C20H25NO4. The van der Waals surface area contributed by atoms with Crippen LogP contribution in [0.2, 0.25) is 0 Å². The minimum Gasteiger partial charge on any atom is -0.388 e. The summed E-state index contributed by atoms with van der Waals surface area (Å²) in [7, 11) is 0. The molecule has 0 aliphatic heterocycles. The molecule has 2 fully saturated rings. The normalized spacial score (nSPS) is 43.0. The van der Waals surface area contributed by atoms with Gasteiger partial charge in [-0.25, -0.2) is 4.89 Å². The van der Waals surface area contributed by atoms with Crippen LogP contribution in [0.1, 0.15) is 58.3 Å². The number of carbonyl (C=O) groups excluding carboxylic acids is 1. The van der Waals surface area contributed by atoms with Crippen LogP contribution in [-0.4, -0.2) is 27.9 Å². The minimum absolute atomic E-state index is 0.121. The Bertz CT molecular complexity index is 718. The average molecular weight is 343 g/mol. The van der Waals surface area contributed by atoms with Crippen LogP contribution in [0, 0.1) is 28.6 Å². The lowest BCUT2D eigenvalue weighted by molar-refractivity contribution is -0.287. The zero-order valence-electron chi connectivity index (χ0n) is 14.6. The Labute approximate surface area is 147 Å². The van der Waals surface area contributed by atoms with E-state index in [1.807, 2.05) is 0 Å². The Morgan fingerprint density at radius 1 is 1.36 bits per heavy atom. The molecule has 5 nitrogen and oxygen atoms in total. The van der Waals surface area contributed by atoms with Crippen LogP contribution in [0.15, 0.2) is 22.8 Å². The van der Waals surface area contributed by atoms with Gasteiger partial charge in [0.2, 0.25) is 0 Å². The van der Waals surface area contributed by atoms with Crippen LogP contribution in [-0.2, 0) is 9.68 Å². The molecule has 0 radical (unpaired) electrons. The molecule has 4 aliphatic carbocycles. The number of rotatable bonds is 2. The van der Waals surface area contributed by atoms with Gasteiger partial charge in [-0.05, 0) is 73.2 Å². The Hall–Kier alpha value is -1.48. The maximum absolute atomic E-state index is 11.8. The lowest BCUT2D eigenvalue weighted by Crippen LogP contribution is -2.53. The Morgan fingerprint density at radius 2 is 2.16 bits per heavy atom. The highest BCUT2D eigenvalue weighted by Crippen LogP contribution is 2.64. The third kappa shape index (κ3) is 2.28. The molecule has 134 valence electrons. The van der Waals surface area contributed by atoms with Gasteiger partial charge in [0.1, 0.15) is 6.10 Å². The van der Waals surface area contributed by atoms with Gasteiger partial charge in [0.25, 0.3) is 0 Å². The summed E-state index contributed by atoms with van der Waals surface area (Å²) in [4.78, 5) is 16.7. The maximum Gasteiger partial charge on any atom is 0.156 e. The van der Waals surface area contributed by atoms with Gasteiger partial charge >= 0.3 is 0 Å². The van der Waals surface area contributed by atoms with E-state index in [0.717, 1.165) is 36.8 Å². The quantitative estimate of drug-likeness (QED) is 0.593. The molecule has 0 aromatic rings. The summed E-state index contributed by atoms with van der Waals surface area (Å²) >= 11 is 0. The third-order valence-corrected chi connectivity index (χ3v) is 7.51. The number of nitrogens with zero attached hydrogens (tertiary/aromatic N) is 1. The standard InChI is InChI=1S/C20H25NO4/c1-19-11-17(25-24)18-14-5-3-13(22)10-12(14)2-4-15(18)16(19)6-7-20(19,23)8-9-21/h10,15-17,23-24H,2-8,11H2,1H3/t15-,16+,17+,19-,20-/m0/s1. The average Bonchev–Trinajstić information content (AvgIpc) is 2.85. The van der Waals surface area contributed by atoms with Crippen molar-refractivity contribution in [3.63, 3.8) is 0 Å². The summed E-state index contributed by atoms with van der Waals surface area (Å²) in [5.74, 6) is 0.729. The first kappa shape index (κ1) is 17.0. The molecule has 5 atom stereocenters. The number of hydrogen-bond acceptors (Lipinski definition) is 5. The van der Waals surface area contributed by atoms with Crippen molar-refractivity contribution < 1.29 is 20.0 Å². The van der Waals surface area contributed by atoms with Crippen molar-refractivity contribution in [2.75, 3.05) is 0 Å². The summed E-state index contributed by atoms with van der Waals surface area (Å²) in [5.41, 5.74) is 2.01. The molecule has 25 heavy (non-hydrogen) atoms. The summed E-state index contributed by atoms with van der Waals surface area (Å²) in [6.45, 7) is 2.06. The topological polar surface area (TPSA) is 90.6 Å². The Kier molecular flexibility index (Phi) is 3.91. The summed E-state index contributed by atoms with van der Waals surface area (Å²) in [5, 5.41) is 30.0. The lowest BCUT2D eigenvalue weighted by atomic mass is 9.54. The maximum atomic E-state index is 11.8. The monoisotopic (exact) mass is 343 g/mol. The second kappa shape index (κ2) is 5.77. The van der Waals surface area contributed by atoms with Crippen molar-refractivity contribution in [1.82, 2.24) is 0 Å². The van der Waals surface area contributed by atoms with Crippen molar-refractivity contribution in [2.45, 2.75) is 70.0 Å². The van der Waals surface area contributed by atoms with Gasteiger partial charge in [-0.2, -0.15) is 5.26 Å². The van der Waals surface area contributed by atoms with Gasteiger partial charge in [0.15, 0.2) is 5.78 Å². The van der Waals surface area contributed by atoms with Crippen molar-refractivity contribution in [3.05, 3.63) is 22.8 Å². The number of allylic oxidation sites excluding steroid dienone is 3. The van der Waals surface area contributed by atoms with Crippen LogP contribution in [0.3, 0.4) is 0 Å². The zero-order chi connectivity index (χ0) is 17.8. The number of hydrogen-bond donors (Lipinski definition) is 2. The summed E-state index contributed by atoms with van der Waals surface area (Å²) in [6, 6.07) is 2.15. The molecule has 0 amide bonds. The fourth-order valence-corrected chi connectivity index (χ4v) is 6.20. The highest BCUT2D eigenvalue weighted by Gasteiger charge is 2.63. The van der Waals surface area contributed by atoms with E-state index in [2.05, 4.69) is 13.0 Å². The third-order valence-electron chi connectivity index (χ3n) is 7.51. The van der Waals surface area contributed by atoms with Gasteiger partial charge in [-0.15, -0.1) is 0 Å². The lowest BCUT2D eigenvalue weighted by Gasteiger charge is -2.53. The molecule has 4 rings (SSSR count). The molecule has 0 unspecified atom stereocenters. The van der Waals surface area contributed by atoms with E-state index in [1.165, 1.54) is 5.57 Å². The second-order valence-electron chi connectivity index (χ2n) is 8.44. The van der Waals surface area contributed by atoms with Crippen molar-refractivity contribution in [2.24, 2.45) is 17.3 Å². The molecule has 4 aliphatic rings. The summed E-state index contributed by atoms with van der Waals surface area (Å²) < 4.78 is 0. The van der Waals surface area contributed by atoms with Gasteiger partial charge in [-0.3, -0.25) is 10.1 Å². The molecule has 2 N–H and O–H groups in total. The fraction of sp³-hybridized carbons (Fsp3) is 0.700. The minimum atomic E-state index is -1.02. The van der Waals surface area contributed by atoms with E-state index in [4.69, 9.17) is 4.89 Å². The number of aliphatic hydroxyl groups is 1. The highest BCUT2D eigenvalue weighted by atomic mass is 17.1. The number of fused-ring (bicyclic) bond motifs is 4. The molecule has 0 spiro atoms. The smallest absolute Gasteiger partial charge is 0.156 e. The van der Waals surface area contributed by atoms with E-state index in [-0.39, 0.29) is 18.1 Å². The Balaban J connectivity index is 1.80. The van der Waals surface area contributed by atoms with Gasteiger partial charge < -0.3 is 5.11 Å². The van der Waals surface area contributed by atoms with Gasteiger partial charge in [0, 0.05) is 11.8 Å². The second-order valence-corrected chi connectivity index (χ2v) is 8.44. The number of ketones is 1. The molecule has 0 saturated heterocycles. The van der Waals surface area contributed by atoms with Crippen LogP contribution >= 0.6 is 0 Å². The highest BCUT2D eigenvalue weighted by molar-refractivity contribution is 5.93. The van der Waals surface area contributed by atoms with Crippen LogP contribution in [0.5, 0.6) is 0 Å². The molecule has 0 aromatic heterocycles. The first-order valence-electron chi connectivity index (χ1n) is 9.30. The Morgan fingerprint density at radius 3 is 2.88 bits per heavy atom.